The van der Waals surface area contributed by atoms with Crippen LogP contribution in [0.2, 0.25) is 0 Å². The summed E-state index contributed by atoms with van der Waals surface area (Å²) in [6.45, 7) is 1.84. The highest BCUT2D eigenvalue weighted by Gasteiger charge is 2.55. The van der Waals surface area contributed by atoms with Crippen LogP contribution in [-0.2, 0) is 14.3 Å². The van der Waals surface area contributed by atoms with E-state index in [1.807, 2.05) is 12.3 Å². The van der Waals surface area contributed by atoms with Gasteiger partial charge in [0.05, 0.1) is 29.7 Å². The van der Waals surface area contributed by atoms with E-state index < -0.39 is 17.8 Å². The van der Waals surface area contributed by atoms with Crippen molar-refractivity contribution in [1.29, 1.82) is 0 Å². The summed E-state index contributed by atoms with van der Waals surface area (Å²) >= 11 is 1.34. The van der Waals surface area contributed by atoms with Crippen LogP contribution in [0.4, 0.5) is 5.13 Å². The number of carboxylic acid groups (broad SMARTS) is 1. The topological polar surface area (TPSA) is 88.5 Å². The normalized spacial score (nSPS) is 32.5. The maximum absolute atomic E-state index is 12.2. The number of nitrogens with one attached hydrogen (secondary N) is 1. The molecule has 2 N–H and O–H groups in total. The fourth-order valence-electron chi connectivity index (χ4n) is 2.92. The highest BCUT2D eigenvalue weighted by atomic mass is 32.1. The van der Waals surface area contributed by atoms with Crippen molar-refractivity contribution in [3.8, 4) is 0 Å². The van der Waals surface area contributed by atoms with Crippen LogP contribution in [0.25, 0.3) is 0 Å². The minimum atomic E-state index is -0.956. The highest BCUT2D eigenvalue weighted by molar-refractivity contribution is 7.13. The summed E-state index contributed by atoms with van der Waals surface area (Å²) in [6, 6.07) is 0. The molecule has 0 spiro atoms. The Morgan fingerprint density at radius 2 is 2.11 bits per heavy atom. The van der Waals surface area contributed by atoms with Gasteiger partial charge in [-0.15, -0.1) is 11.3 Å². The van der Waals surface area contributed by atoms with Crippen molar-refractivity contribution >= 4 is 28.3 Å². The zero-order valence-corrected chi connectivity index (χ0v) is 11.1. The van der Waals surface area contributed by atoms with E-state index in [2.05, 4.69) is 10.3 Å². The van der Waals surface area contributed by atoms with Gasteiger partial charge in [0.2, 0.25) is 5.91 Å². The number of hydrogen-bond acceptors (Lipinski definition) is 5. The number of carbonyl (C=O) groups excluding carboxylic acids is 1. The molecule has 1 aromatic rings. The van der Waals surface area contributed by atoms with Gasteiger partial charge >= 0.3 is 5.97 Å². The lowest BCUT2D eigenvalue weighted by Gasteiger charge is -2.23. The van der Waals surface area contributed by atoms with Gasteiger partial charge in [-0.05, 0) is 19.8 Å². The van der Waals surface area contributed by atoms with Crippen molar-refractivity contribution in [2.45, 2.75) is 32.0 Å². The number of rotatable bonds is 3. The molecule has 0 aliphatic carbocycles. The molecule has 2 aliphatic rings. The van der Waals surface area contributed by atoms with Gasteiger partial charge in [0, 0.05) is 5.38 Å². The first kappa shape index (κ1) is 12.6. The van der Waals surface area contributed by atoms with Gasteiger partial charge in [0.1, 0.15) is 0 Å². The Morgan fingerprint density at radius 3 is 2.68 bits per heavy atom. The molecule has 19 heavy (non-hydrogen) atoms. The minimum Gasteiger partial charge on any atom is -0.481 e. The smallest absolute Gasteiger partial charge is 0.310 e. The summed E-state index contributed by atoms with van der Waals surface area (Å²) in [7, 11) is 0. The molecule has 1 amide bonds. The first-order valence-corrected chi connectivity index (χ1v) is 7.05. The average molecular weight is 282 g/mol. The largest absolute Gasteiger partial charge is 0.481 e. The first-order chi connectivity index (χ1) is 9.06. The summed E-state index contributed by atoms with van der Waals surface area (Å²) in [5.41, 5.74) is 0.833. The molecule has 2 fully saturated rings. The summed E-state index contributed by atoms with van der Waals surface area (Å²) in [5.74, 6) is -2.60. The predicted molar refractivity (Wildman–Crippen MR) is 68.0 cm³/mol. The van der Waals surface area contributed by atoms with Crippen LogP contribution < -0.4 is 5.32 Å². The van der Waals surface area contributed by atoms with Crippen LogP contribution in [0.15, 0.2) is 5.38 Å². The van der Waals surface area contributed by atoms with E-state index in [-0.39, 0.29) is 18.1 Å². The van der Waals surface area contributed by atoms with E-state index in [9.17, 15) is 14.7 Å². The van der Waals surface area contributed by atoms with E-state index >= 15 is 0 Å². The number of nitrogens with zero attached hydrogens (tertiary/aromatic N) is 1. The fourth-order valence-corrected chi connectivity index (χ4v) is 3.62. The number of carboxylic acids is 1. The van der Waals surface area contributed by atoms with Crippen LogP contribution in [-0.4, -0.2) is 34.2 Å². The van der Waals surface area contributed by atoms with Crippen molar-refractivity contribution < 1.29 is 19.4 Å². The first-order valence-electron chi connectivity index (χ1n) is 6.17. The third-order valence-electron chi connectivity index (χ3n) is 3.71. The second-order valence-corrected chi connectivity index (χ2v) is 5.82. The number of aromatic nitrogens is 1. The molecule has 0 unspecified atom stereocenters. The van der Waals surface area contributed by atoms with Crippen LogP contribution in [0.5, 0.6) is 0 Å². The summed E-state index contributed by atoms with van der Waals surface area (Å²) in [5, 5.41) is 14.3. The molecule has 3 rings (SSSR count). The molecule has 4 atom stereocenters. The molecule has 6 nitrogen and oxygen atoms in total. The van der Waals surface area contributed by atoms with Crippen molar-refractivity contribution in [3.63, 3.8) is 0 Å². The van der Waals surface area contributed by atoms with E-state index in [0.29, 0.717) is 5.13 Å². The summed E-state index contributed by atoms with van der Waals surface area (Å²) < 4.78 is 5.56. The monoisotopic (exact) mass is 282 g/mol. The number of thiazole rings is 1. The predicted octanol–water partition coefficient (Wildman–Crippen LogP) is 1.27. The van der Waals surface area contributed by atoms with Crippen molar-refractivity contribution in [2.75, 3.05) is 5.32 Å². The molecule has 1 aromatic heterocycles. The molecule has 2 bridgehead atoms. The van der Waals surface area contributed by atoms with Gasteiger partial charge in [-0.25, -0.2) is 4.98 Å². The molecule has 2 saturated heterocycles. The van der Waals surface area contributed by atoms with Gasteiger partial charge in [-0.3, -0.25) is 9.59 Å². The number of anilines is 1. The Hall–Kier alpha value is -1.47. The van der Waals surface area contributed by atoms with Crippen molar-refractivity contribution in [3.05, 3.63) is 11.1 Å². The lowest BCUT2D eigenvalue weighted by atomic mass is 9.79. The molecular weight excluding hydrogens is 268 g/mol. The van der Waals surface area contributed by atoms with Crippen LogP contribution in [0, 0.1) is 18.8 Å². The van der Waals surface area contributed by atoms with Crippen molar-refractivity contribution in [1.82, 2.24) is 4.98 Å². The molecule has 0 saturated carbocycles. The van der Waals surface area contributed by atoms with E-state index in [0.717, 1.165) is 18.5 Å². The highest BCUT2D eigenvalue weighted by Crippen LogP contribution is 2.44. The number of fused-ring (bicyclic) bond motifs is 2. The van der Waals surface area contributed by atoms with Gasteiger partial charge in [0.25, 0.3) is 0 Å². The summed E-state index contributed by atoms with van der Waals surface area (Å²) in [4.78, 5) is 27.7. The Balaban J connectivity index is 1.77. The number of amides is 1. The van der Waals surface area contributed by atoms with Crippen LogP contribution in [0.1, 0.15) is 18.5 Å². The number of aliphatic carboxylic acids is 1. The molecule has 7 heteroatoms. The lowest BCUT2D eigenvalue weighted by molar-refractivity contribution is -0.147. The second-order valence-electron chi connectivity index (χ2n) is 4.96. The second kappa shape index (κ2) is 4.57. The maximum atomic E-state index is 12.2. The molecule has 2 aliphatic heterocycles. The molecule has 102 valence electrons. The standard InChI is InChI=1S/C12H14N2O4S/c1-5-4-19-12(13-5)14-10(15)8-6-2-3-7(18-6)9(8)11(16)17/h4,6-9H,2-3H2,1H3,(H,16,17)(H,13,14,15)/t6-,7-,8+,9-/m0/s1. The van der Waals surface area contributed by atoms with Crippen LogP contribution in [0.3, 0.4) is 0 Å². The van der Waals surface area contributed by atoms with Gasteiger partial charge in [-0.1, -0.05) is 0 Å². The number of carbonyl (C=O) groups is 2. The number of hydrogen-bond donors (Lipinski definition) is 2. The van der Waals surface area contributed by atoms with Gasteiger partial charge < -0.3 is 15.2 Å². The third kappa shape index (κ3) is 2.12. The number of ether oxygens (including phenoxy) is 1. The van der Waals surface area contributed by atoms with E-state index in [4.69, 9.17) is 4.74 Å². The molecule has 0 radical (unpaired) electrons. The Kier molecular flexibility index (Phi) is 3.02. The SMILES string of the molecule is Cc1csc(NC(=O)[C@H]2[C@@H](C(=O)O)[C@@H]3CC[C@@H]2O3)n1. The lowest BCUT2D eigenvalue weighted by Crippen LogP contribution is -2.40. The molecule has 0 aromatic carbocycles. The van der Waals surface area contributed by atoms with Crippen molar-refractivity contribution in [2.24, 2.45) is 11.8 Å². The summed E-state index contributed by atoms with van der Waals surface area (Å²) in [6.07, 6.45) is 0.883. The average Bonchev–Trinajstić information content (AvgIpc) is 3.03. The Bertz CT molecular complexity index is 530. The van der Waals surface area contributed by atoms with E-state index in [1.54, 1.807) is 0 Å². The van der Waals surface area contributed by atoms with E-state index in [1.165, 1.54) is 11.3 Å². The zero-order chi connectivity index (χ0) is 13.6. The minimum absolute atomic E-state index is 0.271. The zero-order valence-electron chi connectivity index (χ0n) is 10.3. The number of aryl methyl sites for hydroxylation is 1. The maximum Gasteiger partial charge on any atom is 0.310 e. The van der Waals surface area contributed by atoms with Gasteiger partial charge in [-0.2, -0.15) is 0 Å². The molecule has 3 heterocycles. The third-order valence-corrected chi connectivity index (χ3v) is 4.59. The Morgan fingerprint density at radius 1 is 1.42 bits per heavy atom. The van der Waals surface area contributed by atoms with Crippen LogP contribution >= 0.6 is 11.3 Å². The fraction of sp³-hybridized carbons (Fsp3) is 0.583. The quantitative estimate of drug-likeness (QED) is 0.871. The molecular formula is C12H14N2O4S. The Labute approximate surface area is 113 Å². The van der Waals surface area contributed by atoms with Gasteiger partial charge in [0.15, 0.2) is 5.13 Å².